The van der Waals surface area contributed by atoms with Crippen LogP contribution in [0.4, 0.5) is 0 Å². The average molecular weight is 425 g/mol. The van der Waals surface area contributed by atoms with Crippen molar-refractivity contribution >= 4 is 21.8 Å². The molecule has 0 amide bonds. The lowest BCUT2D eigenvalue weighted by Crippen LogP contribution is -2.13. The third-order valence-electron chi connectivity index (χ3n) is 6.42. The molecule has 0 fully saturated rings. The summed E-state index contributed by atoms with van der Waals surface area (Å²) < 4.78 is 2.40. The van der Waals surface area contributed by atoms with Gasteiger partial charge < -0.3 is 4.57 Å². The maximum Gasteiger partial charge on any atom is 0.122 e. The van der Waals surface area contributed by atoms with E-state index in [1.54, 1.807) is 0 Å². The first-order chi connectivity index (χ1) is 16.4. The van der Waals surface area contributed by atoms with Crippen molar-refractivity contribution in [2.75, 3.05) is 0 Å². The third kappa shape index (κ3) is 3.60. The lowest BCUT2D eigenvalue weighted by atomic mass is 9.90. The second kappa shape index (κ2) is 8.40. The van der Waals surface area contributed by atoms with Gasteiger partial charge in [0.1, 0.15) is 5.82 Å². The summed E-state index contributed by atoms with van der Waals surface area (Å²) in [6, 6.07) is 45.1. The summed E-state index contributed by atoms with van der Waals surface area (Å²) in [6.45, 7) is 0.771. The molecule has 0 aliphatic rings. The monoisotopic (exact) mass is 424 g/mol. The molecular formula is C31H24N2. The minimum Gasteiger partial charge on any atom is -0.323 e. The fourth-order valence-electron chi connectivity index (χ4n) is 4.86. The standard InChI is InChI=1S/C31H24N2/c1-3-13-24(14-4-1)30(25-15-5-2-6-16-25)31-32-28-20-9-10-21-29(28)33(31)22-26-18-11-17-23-12-7-8-19-27(23)26/h1-21,30H,22H2. The normalized spacial score (nSPS) is 11.4. The first-order valence-electron chi connectivity index (χ1n) is 11.4. The predicted octanol–water partition coefficient (Wildman–Crippen LogP) is 7.42. The van der Waals surface area contributed by atoms with Crippen LogP contribution in [0.2, 0.25) is 0 Å². The summed E-state index contributed by atoms with van der Waals surface area (Å²) in [5.41, 5.74) is 6.00. The second-order valence-electron chi connectivity index (χ2n) is 8.44. The molecule has 33 heavy (non-hydrogen) atoms. The van der Waals surface area contributed by atoms with Gasteiger partial charge in [0.05, 0.1) is 17.0 Å². The molecule has 6 aromatic rings. The summed E-state index contributed by atoms with van der Waals surface area (Å²) in [6.07, 6.45) is 0. The number of nitrogens with zero attached hydrogens (tertiary/aromatic N) is 2. The largest absolute Gasteiger partial charge is 0.323 e. The number of imidazole rings is 1. The maximum absolute atomic E-state index is 5.20. The van der Waals surface area contributed by atoms with E-state index in [0.29, 0.717) is 0 Å². The highest BCUT2D eigenvalue weighted by Crippen LogP contribution is 2.34. The Labute approximate surface area is 193 Å². The highest BCUT2D eigenvalue weighted by molar-refractivity contribution is 5.86. The summed E-state index contributed by atoms with van der Waals surface area (Å²) in [7, 11) is 0. The number of hydrogen-bond donors (Lipinski definition) is 0. The van der Waals surface area contributed by atoms with Crippen molar-refractivity contribution in [3.8, 4) is 0 Å². The van der Waals surface area contributed by atoms with Crippen molar-refractivity contribution < 1.29 is 0 Å². The van der Waals surface area contributed by atoms with Crippen LogP contribution in [0.3, 0.4) is 0 Å². The molecule has 2 nitrogen and oxygen atoms in total. The molecule has 0 aliphatic carbocycles. The van der Waals surface area contributed by atoms with Crippen molar-refractivity contribution in [1.29, 1.82) is 0 Å². The van der Waals surface area contributed by atoms with Crippen LogP contribution in [0.1, 0.15) is 28.4 Å². The highest BCUT2D eigenvalue weighted by atomic mass is 15.1. The highest BCUT2D eigenvalue weighted by Gasteiger charge is 2.24. The Hall–Kier alpha value is -4.17. The molecule has 0 unspecified atom stereocenters. The van der Waals surface area contributed by atoms with Crippen LogP contribution in [0.5, 0.6) is 0 Å². The van der Waals surface area contributed by atoms with Gasteiger partial charge >= 0.3 is 0 Å². The summed E-state index contributed by atoms with van der Waals surface area (Å²) >= 11 is 0. The Morgan fingerprint density at radius 3 is 1.94 bits per heavy atom. The SMILES string of the molecule is c1ccc(C(c2ccccc2)c2nc3ccccc3n2Cc2cccc3ccccc23)cc1. The Morgan fingerprint density at radius 2 is 1.18 bits per heavy atom. The Kier molecular flexibility index (Phi) is 4.97. The molecule has 0 aliphatic heterocycles. The van der Waals surface area contributed by atoms with Crippen molar-refractivity contribution in [2.45, 2.75) is 12.5 Å². The Morgan fingerprint density at radius 1 is 0.576 bits per heavy atom. The molecule has 1 aromatic heterocycles. The van der Waals surface area contributed by atoms with Crippen molar-refractivity contribution in [2.24, 2.45) is 0 Å². The predicted molar refractivity (Wildman–Crippen MR) is 137 cm³/mol. The number of fused-ring (bicyclic) bond motifs is 2. The topological polar surface area (TPSA) is 17.8 Å². The molecule has 0 radical (unpaired) electrons. The van der Waals surface area contributed by atoms with E-state index in [0.717, 1.165) is 23.4 Å². The van der Waals surface area contributed by atoms with Gasteiger partial charge in [-0.1, -0.05) is 115 Å². The van der Waals surface area contributed by atoms with Crippen LogP contribution >= 0.6 is 0 Å². The minimum absolute atomic E-state index is 0.0507. The van der Waals surface area contributed by atoms with Crippen LogP contribution in [0.25, 0.3) is 21.8 Å². The quantitative estimate of drug-likeness (QED) is 0.282. The first-order valence-corrected chi connectivity index (χ1v) is 11.4. The van der Waals surface area contributed by atoms with Crippen molar-refractivity contribution in [1.82, 2.24) is 9.55 Å². The molecule has 5 aromatic carbocycles. The van der Waals surface area contributed by atoms with E-state index in [2.05, 4.69) is 132 Å². The average Bonchev–Trinajstić information content (AvgIpc) is 3.23. The summed E-state index contributed by atoms with van der Waals surface area (Å²) in [4.78, 5) is 5.20. The van der Waals surface area contributed by atoms with Gasteiger partial charge in [-0.2, -0.15) is 0 Å². The molecule has 0 spiro atoms. The molecule has 2 heteroatoms. The maximum atomic E-state index is 5.20. The van der Waals surface area contributed by atoms with Gasteiger partial charge in [0, 0.05) is 6.54 Å². The number of para-hydroxylation sites is 2. The van der Waals surface area contributed by atoms with E-state index in [9.17, 15) is 0 Å². The van der Waals surface area contributed by atoms with Crippen LogP contribution in [0.15, 0.2) is 127 Å². The number of rotatable bonds is 5. The smallest absolute Gasteiger partial charge is 0.122 e. The lowest BCUT2D eigenvalue weighted by Gasteiger charge is -2.20. The zero-order valence-corrected chi connectivity index (χ0v) is 18.3. The van der Waals surface area contributed by atoms with Gasteiger partial charge in [-0.3, -0.25) is 0 Å². The lowest BCUT2D eigenvalue weighted by molar-refractivity contribution is 0.726. The van der Waals surface area contributed by atoms with Crippen LogP contribution < -0.4 is 0 Å². The molecular weight excluding hydrogens is 400 g/mol. The van der Waals surface area contributed by atoms with E-state index in [1.807, 2.05) is 0 Å². The minimum atomic E-state index is 0.0507. The molecule has 1 heterocycles. The molecule has 158 valence electrons. The summed E-state index contributed by atoms with van der Waals surface area (Å²) in [5.74, 6) is 1.12. The number of benzene rings is 5. The molecule has 0 N–H and O–H groups in total. The van der Waals surface area contributed by atoms with E-state index in [-0.39, 0.29) is 5.92 Å². The van der Waals surface area contributed by atoms with E-state index < -0.39 is 0 Å². The Bertz CT molecular complexity index is 1490. The third-order valence-corrected chi connectivity index (χ3v) is 6.42. The number of hydrogen-bond acceptors (Lipinski definition) is 1. The van der Waals surface area contributed by atoms with Crippen LogP contribution in [0, 0.1) is 0 Å². The van der Waals surface area contributed by atoms with E-state index in [4.69, 9.17) is 4.98 Å². The van der Waals surface area contributed by atoms with Gasteiger partial charge in [-0.15, -0.1) is 0 Å². The first kappa shape index (κ1) is 19.5. The van der Waals surface area contributed by atoms with Gasteiger partial charge in [0.25, 0.3) is 0 Å². The van der Waals surface area contributed by atoms with E-state index >= 15 is 0 Å². The van der Waals surface area contributed by atoms with E-state index in [1.165, 1.54) is 27.5 Å². The zero-order valence-electron chi connectivity index (χ0n) is 18.3. The van der Waals surface area contributed by atoms with Crippen molar-refractivity contribution in [3.05, 3.63) is 150 Å². The summed E-state index contributed by atoms with van der Waals surface area (Å²) in [5, 5.41) is 2.56. The fourth-order valence-corrected chi connectivity index (χ4v) is 4.86. The van der Waals surface area contributed by atoms with Gasteiger partial charge in [0.2, 0.25) is 0 Å². The molecule has 0 saturated carbocycles. The Balaban J connectivity index is 1.59. The number of aromatic nitrogens is 2. The van der Waals surface area contributed by atoms with Gasteiger partial charge in [0.15, 0.2) is 0 Å². The van der Waals surface area contributed by atoms with Crippen molar-refractivity contribution in [3.63, 3.8) is 0 Å². The van der Waals surface area contributed by atoms with Gasteiger partial charge in [-0.25, -0.2) is 4.98 Å². The van der Waals surface area contributed by atoms with Crippen LogP contribution in [-0.2, 0) is 6.54 Å². The molecule has 6 rings (SSSR count). The fraction of sp³-hybridized carbons (Fsp3) is 0.0645. The molecule has 0 saturated heterocycles. The molecule has 0 bridgehead atoms. The zero-order chi connectivity index (χ0) is 22.0. The second-order valence-corrected chi connectivity index (χ2v) is 8.44. The van der Waals surface area contributed by atoms with Gasteiger partial charge in [-0.05, 0) is 39.6 Å². The molecule has 0 atom stereocenters. The van der Waals surface area contributed by atoms with Crippen LogP contribution in [-0.4, -0.2) is 9.55 Å².